The van der Waals surface area contributed by atoms with Crippen LogP contribution in [-0.2, 0) is 6.54 Å². The lowest BCUT2D eigenvalue weighted by atomic mass is 10.1. The minimum Gasteiger partial charge on any atom is -0.349 e. The summed E-state index contributed by atoms with van der Waals surface area (Å²) in [6.07, 6.45) is 0. The predicted octanol–water partition coefficient (Wildman–Crippen LogP) is 2.82. The Morgan fingerprint density at radius 3 is 2.16 bits per heavy atom. The van der Waals surface area contributed by atoms with Crippen LogP contribution in [0.4, 0.5) is 0 Å². The van der Waals surface area contributed by atoms with E-state index in [0.29, 0.717) is 6.54 Å². The highest BCUT2D eigenvalue weighted by Gasteiger charge is 2.03. The van der Waals surface area contributed by atoms with Gasteiger partial charge in [0.25, 0.3) is 0 Å². The number of nitrogens with zero attached hydrogens (tertiary/aromatic N) is 3. The number of fused-ring (bicyclic) bond motifs is 1. The van der Waals surface area contributed by atoms with Crippen LogP contribution in [0.1, 0.15) is 5.56 Å². The van der Waals surface area contributed by atoms with Crippen molar-refractivity contribution in [2.75, 3.05) is 28.2 Å². The summed E-state index contributed by atoms with van der Waals surface area (Å²) in [6.45, 7) is 0.705. The summed E-state index contributed by atoms with van der Waals surface area (Å²) in [5.74, 6) is 0.980. The van der Waals surface area contributed by atoms with Gasteiger partial charge in [0.15, 0.2) is 5.96 Å². The fraction of sp³-hybridized carbons (Fsp3) is 0.312. The lowest BCUT2D eigenvalue weighted by Gasteiger charge is -2.22. The molecule has 0 aromatic heterocycles. The predicted molar refractivity (Wildman–Crippen MR) is 82.5 cm³/mol. The Bertz CT molecular complexity index is 575. The average molecular weight is 255 g/mol. The maximum absolute atomic E-state index is 4.67. The summed E-state index contributed by atoms with van der Waals surface area (Å²) >= 11 is 0. The molecule has 2 aromatic carbocycles. The second-order valence-corrected chi connectivity index (χ2v) is 5.09. The second kappa shape index (κ2) is 5.74. The van der Waals surface area contributed by atoms with E-state index in [4.69, 9.17) is 0 Å². The van der Waals surface area contributed by atoms with Crippen molar-refractivity contribution < 1.29 is 0 Å². The van der Waals surface area contributed by atoms with E-state index in [1.54, 1.807) is 0 Å². The zero-order chi connectivity index (χ0) is 13.8. The van der Waals surface area contributed by atoms with E-state index in [-0.39, 0.29) is 0 Å². The van der Waals surface area contributed by atoms with Gasteiger partial charge in [0.2, 0.25) is 0 Å². The van der Waals surface area contributed by atoms with Crippen molar-refractivity contribution in [3.8, 4) is 0 Å². The largest absolute Gasteiger partial charge is 0.349 e. The Hall–Kier alpha value is -2.03. The van der Waals surface area contributed by atoms with E-state index in [0.717, 1.165) is 5.96 Å². The summed E-state index contributed by atoms with van der Waals surface area (Å²) in [5.41, 5.74) is 1.24. The van der Waals surface area contributed by atoms with Gasteiger partial charge in [-0.3, -0.25) is 0 Å². The van der Waals surface area contributed by atoms with Gasteiger partial charge in [-0.25, -0.2) is 4.99 Å². The maximum atomic E-state index is 4.67. The van der Waals surface area contributed by atoms with Crippen molar-refractivity contribution in [2.45, 2.75) is 6.54 Å². The SMILES string of the molecule is CN(C)C(=NCc1ccc2ccccc2c1)N(C)C. The first-order valence-electron chi connectivity index (χ1n) is 6.44. The van der Waals surface area contributed by atoms with Crippen molar-refractivity contribution >= 4 is 16.7 Å². The van der Waals surface area contributed by atoms with Gasteiger partial charge in [-0.2, -0.15) is 0 Å². The molecule has 2 rings (SSSR count). The second-order valence-electron chi connectivity index (χ2n) is 5.09. The lowest BCUT2D eigenvalue weighted by molar-refractivity contribution is 0.479. The highest BCUT2D eigenvalue weighted by molar-refractivity contribution is 5.83. The first-order chi connectivity index (χ1) is 9.08. The molecule has 0 bridgehead atoms. The molecule has 0 saturated heterocycles. The van der Waals surface area contributed by atoms with Crippen LogP contribution in [-0.4, -0.2) is 44.0 Å². The van der Waals surface area contributed by atoms with Gasteiger partial charge < -0.3 is 9.80 Å². The van der Waals surface area contributed by atoms with E-state index in [1.807, 2.05) is 38.0 Å². The molecule has 3 nitrogen and oxygen atoms in total. The third kappa shape index (κ3) is 3.25. The monoisotopic (exact) mass is 255 g/mol. The van der Waals surface area contributed by atoms with E-state index in [1.165, 1.54) is 16.3 Å². The zero-order valence-corrected chi connectivity index (χ0v) is 12.1. The fourth-order valence-electron chi connectivity index (χ4n) is 2.18. The quantitative estimate of drug-likeness (QED) is 0.607. The number of guanidine groups is 1. The minimum absolute atomic E-state index is 0.705. The van der Waals surface area contributed by atoms with Gasteiger partial charge >= 0.3 is 0 Å². The summed E-state index contributed by atoms with van der Waals surface area (Å²) in [7, 11) is 8.05. The van der Waals surface area contributed by atoms with Crippen LogP contribution in [0.5, 0.6) is 0 Å². The molecule has 0 N–H and O–H groups in total. The van der Waals surface area contributed by atoms with Gasteiger partial charge in [-0.05, 0) is 22.4 Å². The molecule has 0 radical (unpaired) electrons. The first kappa shape index (κ1) is 13.4. The van der Waals surface area contributed by atoms with Gasteiger partial charge in [0.05, 0.1) is 6.54 Å². The standard InChI is InChI=1S/C16H21N3/c1-18(2)16(19(3)4)17-12-13-9-10-14-7-5-6-8-15(14)11-13/h5-11H,12H2,1-4H3. The number of hydrogen-bond donors (Lipinski definition) is 0. The maximum Gasteiger partial charge on any atom is 0.195 e. The zero-order valence-electron chi connectivity index (χ0n) is 12.1. The van der Waals surface area contributed by atoms with Crippen LogP contribution < -0.4 is 0 Å². The van der Waals surface area contributed by atoms with Crippen LogP contribution in [0, 0.1) is 0 Å². The molecule has 0 aliphatic carbocycles. The van der Waals surface area contributed by atoms with Crippen molar-refractivity contribution in [1.29, 1.82) is 0 Å². The fourth-order valence-corrected chi connectivity index (χ4v) is 2.18. The Morgan fingerprint density at radius 1 is 0.895 bits per heavy atom. The van der Waals surface area contributed by atoms with E-state index in [9.17, 15) is 0 Å². The summed E-state index contributed by atoms with van der Waals surface area (Å²) < 4.78 is 0. The highest BCUT2D eigenvalue weighted by Crippen LogP contribution is 2.16. The molecule has 0 heterocycles. The van der Waals surface area contributed by atoms with Crippen molar-refractivity contribution in [1.82, 2.24) is 9.80 Å². The number of benzene rings is 2. The van der Waals surface area contributed by atoms with Crippen molar-refractivity contribution in [2.24, 2.45) is 4.99 Å². The van der Waals surface area contributed by atoms with Crippen LogP contribution in [0.15, 0.2) is 47.5 Å². The number of rotatable bonds is 2. The topological polar surface area (TPSA) is 18.8 Å². The molecule has 0 atom stereocenters. The summed E-state index contributed by atoms with van der Waals surface area (Å²) in [4.78, 5) is 8.73. The molecule has 3 heteroatoms. The van der Waals surface area contributed by atoms with E-state index < -0.39 is 0 Å². The Kier molecular flexibility index (Phi) is 4.05. The average Bonchev–Trinajstić information content (AvgIpc) is 2.38. The van der Waals surface area contributed by atoms with Gasteiger partial charge in [-0.1, -0.05) is 36.4 Å². The van der Waals surface area contributed by atoms with Crippen LogP contribution in [0.25, 0.3) is 10.8 Å². The molecular formula is C16H21N3. The molecule has 100 valence electrons. The third-order valence-corrected chi connectivity index (χ3v) is 3.02. The molecule has 19 heavy (non-hydrogen) atoms. The van der Waals surface area contributed by atoms with Gasteiger partial charge in [-0.15, -0.1) is 0 Å². The number of aliphatic imine (C=N–C) groups is 1. The third-order valence-electron chi connectivity index (χ3n) is 3.02. The minimum atomic E-state index is 0.705. The Balaban J connectivity index is 2.23. The highest BCUT2D eigenvalue weighted by atomic mass is 15.3. The van der Waals surface area contributed by atoms with Crippen LogP contribution >= 0.6 is 0 Å². The molecule has 0 fully saturated rings. The lowest BCUT2D eigenvalue weighted by Crippen LogP contribution is -2.35. The van der Waals surface area contributed by atoms with E-state index >= 15 is 0 Å². The van der Waals surface area contributed by atoms with Crippen LogP contribution in [0.2, 0.25) is 0 Å². The molecule has 0 saturated carbocycles. The first-order valence-corrected chi connectivity index (χ1v) is 6.44. The Morgan fingerprint density at radius 2 is 1.53 bits per heavy atom. The van der Waals surface area contributed by atoms with E-state index in [2.05, 4.69) is 47.5 Å². The smallest absolute Gasteiger partial charge is 0.195 e. The molecule has 0 amide bonds. The van der Waals surface area contributed by atoms with Gasteiger partial charge in [0, 0.05) is 28.2 Å². The normalized spacial score (nSPS) is 10.3. The molecule has 0 aliphatic heterocycles. The summed E-state index contributed by atoms with van der Waals surface area (Å²) in [5, 5.41) is 2.54. The summed E-state index contributed by atoms with van der Waals surface area (Å²) in [6, 6.07) is 14.9. The Labute approximate surface area is 115 Å². The van der Waals surface area contributed by atoms with Gasteiger partial charge in [0.1, 0.15) is 0 Å². The molecule has 0 spiro atoms. The van der Waals surface area contributed by atoms with Crippen molar-refractivity contribution in [3.05, 3.63) is 48.0 Å². The number of hydrogen-bond acceptors (Lipinski definition) is 1. The molecule has 2 aromatic rings. The van der Waals surface area contributed by atoms with Crippen LogP contribution in [0.3, 0.4) is 0 Å². The molecule has 0 aliphatic rings. The van der Waals surface area contributed by atoms with Crippen molar-refractivity contribution in [3.63, 3.8) is 0 Å². The molecular weight excluding hydrogens is 234 g/mol. The molecule has 0 unspecified atom stereocenters.